The van der Waals surface area contributed by atoms with Gasteiger partial charge >= 0.3 is 8.80 Å². The molecule has 0 aliphatic rings. The van der Waals surface area contributed by atoms with Gasteiger partial charge < -0.3 is 18.9 Å². The minimum Gasteiger partial charge on any atom is -0.390 e. The van der Waals surface area contributed by atoms with Crippen molar-refractivity contribution in [1.82, 2.24) is 0 Å². The number of rotatable bonds is 4. The summed E-state index contributed by atoms with van der Waals surface area (Å²) in [5.74, 6) is -0.0313. The third kappa shape index (κ3) is 8.21. The molecule has 1 unspecified atom stereocenters. The second kappa shape index (κ2) is 4.16. The Morgan fingerprint density at radius 2 is 1.80 bits per heavy atom. The van der Waals surface area contributed by atoms with E-state index in [-0.39, 0.29) is 18.2 Å². The van der Waals surface area contributed by atoms with Crippen molar-refractivity contribution in [1.29, 1.82) is 0 Å². The Bertz CT molecular complexity index is 121. The molecule has 0 saturated carbocycles. The minimum atomic E-state index is -3.97. The van der Waals surface area contributed by atoms with E-state index >= 15 is 0 Å². The van der Waals surface area contributed by atoms with Crippen LogP contribution in [0.4, 0.5) is 0 Å². The summed E-state index contributed by atoms with van der Waals surface area (Å²) in [6, 6.07) is -0.181. The summed E-state index contributed by atoms with van der Waals surface area (Å²) in [4.78, 5) is 25.2. The van der Waals surface area contributed by atoms with Gasteiger partial charge in [-0.05, 0) is 6.42 Å². The maximum absolute atomic E-state index is 9.97. The van der Waals surface area contributed by atoms with E-state index < -0.39 is 19.9 Å². The van der Waals surface area contributed by atoms with Gasteiger partial charge in [0.15, 0.2) is 11.1 Å². The van der Waals surface area contributed by atoms with E-state index in [1.165, 1.54) is 0 Å². The molecule has 0 aromatic heterocycles. The van der Waals surface area contributed by atoms with Gasteiger partial charge in [-0.25, -0.2) is 4.21 Å². The van der Waals surface area contributed by atoms with Crippen LogP contribution in [0.2, 0.25) is 6.04 Å². The smallest absolute Gasteiger partial charge is 0.390 e. The molecule has 7 heteroatoms. The van der Waals surface area contributed by atoms with Crippen LogP contribution in [0, 0.1) is 0 Å². The van der Waals surface area contributed by atoms with Crippen molar-refractivity contribution >= 4 is 19.9 Å². The third-order valence-electron chi connectivity index (χ3n) is 0.831. The lowest BCUT2D eigenvalue weighted by atomic mass is 10.6. The van der Waals surface area contributed by atoms with Gasteiger partial charge in [0.25, 0.3) is 0 Å². The molecular formula is C3H10O5SSi. The van der Waals surface area contributed by atoms with Crippen LogP contribution in [0.3, 0.4) is 0 Å². The quantitative estimate of drug-likeness (QED) is 0.317. The highest BCUT2D eigenvalue weighted by Gasteiger charge is 2.25. The summed E-state index contributed by atoms with van der Waals surface area (Å²) in [6.45, 7) is 0. The lowest BCUT2D eigenvalue weighted by Crippen LogP contribution is -2.34. The van der Waals surface area contributed by atoms with Crippen molar-refractivity contribution < 1.29 is 23.1 Å². The van der Waals surface area contributed by atoms with Gasteiger partial charge in [0, 0.05) is 11.8 Å². The standard InChI is InChI=1S/C3H10O5SSi/c4-9(5)2-1-3-10(6,7)8/h6-8H,1-3H2,(H,4,5). The molecule has 0 aromatic rings. The second-order valence-corrected chi connectivity index (χ2v) is 5.00. The fourth-order valence-corrected chi connectivity index (χ4v) is 1.73. The second-order valence-electron chi connectivity index (χ2n) is 1.90. The van der Waals surface area contributed by atoms with Gasteiger partial charge in [-0.2, -0.15) is 0 Å². The van der Waals surface area contributed by atoms with Crippen molar-refractivity contribution in [3.63, 3.8) is 0 Å². The van der Waals surface area contributed by atoms with Crippen LogP contribution in [0.25, 0.3) is 0 Å². The minimum absolute atomic E-state index is 0.0313. The topological polar surface area (TPSA) is 98.0 Å². The zero-order valence-electron chi connectivity index (χ0n) is 5.23. The maximum Gasteiger partial charge on any atom is 0.492 e. The first-order chi connectivity index (χ1) is 4.42. The molecule has 5 nitrogen and oxygen atoms in total. The van der Waals surface area contributed by atoms with E-state index in [0.29, 0.717) is 0 Å². The van der Waals surface area contributed by atoms with Gasteiger partial charge in [0.05, 0.1) is 0 Å². The normalized spacial score (nSPS) is 15.2. The highest BCUT2D eigenvalue weighted by Crippen LogP contribution is 2.01. The largest absolute Gasteiger partial charge is 0.492 e. The van der Waals surface area contributed by atoms with Crippen molar-refractivity contribution in [3.8, 4) is 0 Å². The molecule has 0 fully saturated rings. The number of hydrogen-bond donors (Lipinski definition) is 4. The molecule has 0 radical (unpaired) electrons. The van der Waals surface area contributed by atoms with E-state index in [4.69, 9.17) is 18.9 Å². The van der Waals surface area contributed by atoms with Crippen LogP contribution in [0.5, 0.6) is 0 Å². The zero-order valence-corrected chi connectivity index (χ0v) is 7.04. The molecule has 4 N–H and O–H groups in total. The Morgan fingerprint density at radius 1 is 1.30 bits per heavy atom. The highest BCUT2D eigenvalue weighted by molar-refractivity contribution is 7.79. The average Bonchev–Trinajstić information content (AvgIpc) is 1.59. The first kappa shape index (κ1) is 10.2. The van der Waals surface area contributed by atoms with Gasteiger partial charge in [0.1, 0.15) is 0 Å². The lowest BCUT2D eigenvalue weighted by molar-refractivity contribution is 0.227. The monoisotopic (exact) mass is 186 g/mol. The van der Waals surface area contributed by atoms with Crippen LogP contribution in [-0.4, -0.2) is 37.7 Å². The molecule has 0 aliphatic heterocycles. The maximum atomic E-state index is 9.97. The average molecular weight is 186 g/mol. The molecule has 10 heavy (non-hydrogen) atoms. The van der Waals surface area contributed by atoms with Gasteiger partial charge in [-0.15, -0.1) is 0 Å². The van der Waals surface area contributed by atoms with Crippen molar-refractivity contribution in [2.75, 3.05) is 5.75 Å². The van der Waals surface area contributed by atoms with E-state index in [9.17, 15) is 4.21 Å². The van der Waals surface area contributed by atoms with E-state index in [0.717, 1.165) is 0 Å². The summed E-state index contributed by atoms with van der Waals surface area (Å²) in [5, 5.41) is 0. The third-order valence-corrected chi connectivity index (χ3v) is 2.49. The van der Waals surface area contributed by atoms with Gasteiger partial charge in [-0.3, -0.25) is 0 Å². The molecule has 0 heterocycles. The molecule has 0 amide bonds. The predicted octanol–water partition coefficient (Wildman–Crippen LogP) is -1.49. The van der Waals surface area contributed by atoms with E-state index in [2.05, 4.69) is 0 Å². The predicted molar refractivity (Wildman–Crippen MR) is 37.5 cm³/mol. The highest BCUT2D eigenvalue weighted by atomic mass is 32.2. The van der Waals surface area contributed by atoms with E-state index in [1.807, 2.05) is 0 Å². The molecule has 0 saturated heterocycles. The summed E-state index contributed by atoms with van der Waals surface area (Å²) in [5.41, 5.74) is 0. The molecule has 0 aliphatic carbocycles. The molecule has 0 rings (SSSR count). The summed E-state index contributed by atoms with van der Waals surface area (Å²) in [6.07, 6.45) is 0.152. The Labute approximate surface area is 62.0 Å². The SMILES string of the molecule is O=S(O)CCC[Si](O)(O)O. The van der Waals surface area contributed by atoms with Crippen LogP contribution in [0.1, 0.15) is 6.42 Å². The Kier molecular flexibility index (Phi) is 4.25. The fourth-order valence-electron chi connectivity index (χ4n) is 0.433. The first-order valence-electron chi connectivity index (χ1n) is 2.66. The van der Waals surface area contributed by atoms with Crippen LogP contribution < -0.4 is 0 Å². The molecule has 0 aromatic carbocycles. The molecule has 0 spiro atoms. The molecule has 62 valence electrons. The fraction of sp³-hybridized carbons (Fsp3) is 1.00. The lowest BCUT2D eigenvalue weighted by Gasteiger charge is -2.06. The Morgan fingerprint density at radius 3 is 2.10 bits per heavy atom. The van der Waals surface area contributed by atoms with Crippen LogP contribution in [0.15, 0.2) is 0 Å². The Hall–Kier alpha value is 0.207. The van der Waals surface area contributed by atoms with Crippen molar-refractivity contribution in [3.05, 3.63) is 0 Å². The Balaban J connectivity index is 3.29. The van der Waals surface area contributed by atoms with Crippen molar-refractivity contribution in [2.24, 2.45) is 0 Å². The van der Waals surface area contributed by atoms with Gasteiger partial charge in [0.2, 0.25) is 0 Å². The molecule has 1 atom stereocenters. The summed E-state index contributed by atoms with van der Waals surface area (Å²) >= 11 is -1.91. The first-order valence-corrected chi connectivity index (χ1v) is 5.99. The van der Waals surface area contributed by atoms with Crippen LogP contribution >= 0.6 is 0 Å². The van der Waals surface area contributed by atoms with E-state index in [1.54, 1.807) is 0 Å². The molecular weight excluding hydrogens is 176 g/mol. The summed E-state index contributed by atoms with van der Waals surface area (Å²) in [7, 11) is -3.97. The van der Waals surface area contributed by atoms with Crippen molar-refractivity contribution in [2.45, 2.75) is 12.5 Å². The zero-order chi connectivity index (χ0) is 8.20. The van der Waals surface area contributed by atoms with Crippen LogP contribution in [-0.2, 0) is 11.1 Å². The van der Waals surface area contributed by atoms with Gasteiger partial charge in [-0.1, -0.05) is 0 Å². The summed E-state index contributed by atoms with van der Waals surface area (Å²) < 4.78 is 18.2. The number of hydrogen-bond acceptors (Lipinski definition) is 4. The molecule has 0 bridgehead atoms.